The molecule has 2 unspecified atom stereocenters. The standard InChI is InChI=1S/C13H21NO4/c1-14-7-6-12(16)13(17)10-2-4-11(5-3-10)18-9-8-15/h2-5,12-17H,6-9H2,1H3. The molecule has 0 aromatic heterocycles. The SMILES string of the molecule is CNCCC(O)C(O)c1ccc(OCCO)cc1. The Kier molecular flexibility index (Phi) is 6.67. The molecule has 2 atom stereocenters. The third kappa shape index (κ3) is 4.62. The van der Waals surface area contributed by atoms with E-state index in [1.54, 1.807) is 31.3 Å². The average molecular weight is 255 g/mol. The summed E-state index contributed by atoms with van der Waals surface area (Å²) in [5.74, 6) is 0.629. The smallest absolute Gasteiger partial charge is 0.119 e. The lowest BCUT2D eigenvalue weighted by molar-refractivity contribution is 0.0140. The number of ether oxygens (including phenoxy) is 1. The molecule has 0 saturated carbocycles. The Morgan fingerprint density at radius 1 is 1.22 bits per heavy atom. The summed E-state index contributed by atoms with van der Waals surface area (Å²) < 4.78 is 5.21. The minimum Gasteiger partial charge on any atom is -0.491 e. The highest BCUT2D eigenvalue weighted by atomic mass is 16.5. The first-order chi connectivity index (χ1) is 8.69. The third-order valence-electron chi connectivity index (χ3n) is 2.64. The second kappa shape index (κ2) is 8.05. The Morgan fingerprint density at radius 3 is 2.44 bits per heavy atom. The number of aliphatic hydroxyl groups is 3. The van der Waals surface area contributed by atoms with E-state index in [0.29, 0.717) is 24.3 Å². The predicted octanol–water partition coefficient (Wildman–Crippen LogP) is 0.0615. The zero-order valence-corrected chi connectivity index (χ0v) is 10.5. The van der Waals surface area contributed by atoms with Crippen molar-refractivity contribution in [2.75, 3.05) is 26.8 Å². The number of nitrogens with one attached hydrogen (secondary N) is 1. The van der Waals surface area contributed by atoms with E-state index >= 15 is 0 Å². The molecule has 4 N–H and O–H groups in total. The van der Waals surface area contributed by atoms with E-state index in [2.05, 4.69) is 5.32 Å². The minimum absolute atomic E-state index is 0.0346. The number of benzene rings is 1. The van der Waals surface area contributed by atoms with Crippen molar-refractivity contribution in [1.82, 2.24) is 5.32 Å². The Bertz CT molecular complexity index is 328. The van der Waals surface area contributed by atoms with Crippen LogP contribution < -0.4 is 10.1 Å². The fraction of sp³-hybridized carbons (Fsp3) is 0.538. The quantitative estimate of drug-likeness (QED) is 0.528. The van der Waals surface area contributed by atoms with Crippen LogP contribution in [0.15, 0.2) is 24.3 Å². The van der Waals surface area contributed by atoms with Crippen LogP contribution in [0.2, 0.25) is 0 Å². The molecule has 0 spiro atoms. The molecule has 0 fully saturated rings. The maximum atomic E-state index is 9.92. The zero-order chi connectivity index (χ0) is 13.4. The first-order valence-corrected chi connectivity index (χ1v) is 6.03. The number of hydrogen-bond acceptors (Lipinski definition) is 5. The molecule has 0 aliphatic rings. The Morgan fingerprint density at radius 2 is 1.89 bits per heavy atom. The maximum Gasteiger partial charge on any atom is 0.119 e. The van der Waals surface area contributed by atoms with Crippen LogP contribution in [-0.2, 0) is 0 Å². The van der Waals surface area contributed by atoms with Crippen molar-refractivity contribution in [1.29, 1.82) is 0 Å². The lowest BCUT2D eigenvalue weighted by Crippen LogP contribution is -2.23. The molecule has 5 nitrogen and oxygen atoms in total. The molecular weight excluding hydrogens is 234 g/mol. The maximum absolute atomic E-state index is 9.92. The van der Waals surface area contributed by atoms with Crippen LogP contribution in [0, 0.1) is 0 Å². The summed E-state index contributed by atoms with van der Waals surface area (Å²) >= 11 is 0. The Labute approximate surface area is 107 Å². The van der Waals surface area contributed by atoms with Gasteiger partial charge in [-0.25, -0.2) is 0 Å². The summed E-state index contributed by atoms with van der Waals surface area (Å²) in [5, 5.41) is 31.2. The van der Waals surface area contributed by atoms with E-state index in [9.17, 15) is 10.2 Å². The molecule has 0 saturated heterocycles. The van der Waals surface area contributed by atoms with Crippen molar-refractivity contribution in [2.24, 2.45) is 0 Å². The molecule has 0 amide bonds. The summed E-state index contributed by atoms with van der Waals surface area (Å²) in [4.78, 5) is 0. The van der Waals surface area contributed by atoms with Gasteiger partial charge in [0.2, 0.25) is 0 Å². The minimum atomic E-state index is -0.898. The molecule has 5 heteroatoms. The van der Waals surface area contributed by atoms with Crippen LogP contribution in [0.1, 0.15) is 18.1 Å². The fourth-order valence-corrected chi connectivity index (χ4v) is 1.60. The molecule has 0 aliphatic heterocycles. The van der Waals surface area contributed by atoms with E-state index in [0.717, 1.165) is 0 Å². The van der Waals surface area contributed by atoms with Crippen molar-refractivity contribution in [2.45, 2.75) is 18.6 Å². The highest BCUT2D eigenvalue weighted by Crippen LogP contribution is 2.21. The average Bonchev–Trinajstić information content (AvgIpc) is 2.42. The second-order valence-electron chi connectivity index (χ2n) is 4.05. The lowest BCUT2D eigenvalue weighted by atomic mass is 10.0. The van der Waals surface area contributed by atoms with Crippen molar-refractivity contribution in [3.05, 3.63) is 29.8 Å². The monoisotopic (exact) mass is 255 g/mol. The largest absolute Gasteiger partial charge is 0.491 e. The van der Waals surface area contributed by atoms with Gasteiger partial charge in [0.15, 0.2) is 0 Å². The van der Waals surface area contributed by atoms with Gasteiger partial charge in [-0.1, -0.05) is 12.1 Å². The number of hydrogen-bond donors (Lipinski definition) is 4. The third-order valence-corrected chi connectivity index (χ3v) is 2.64. The van der Waals surface area contributed by atoms with E-state index in [-0.39, 0.29) is 13.2 Å². The number of aliphatic hydroxyl groups excluding tert-OH is 3. The first-order valence-electron chi connectivity index (χ1n) is 6.03. The van der Waals surface area contributed by atoms with Crippen LogP contribution in [0.4, 0.5) is 0 Å². The molecule has 0 bridgehead atoms. The van der Waals surface area contributed by atoms with Gasteiger partial charge in [0.25, 0.3) is 0 Å². The van der Waals surface area contributed by atoms with Crippen LogP contribution >= 0.6 is 0 Å². The zero-order valence-electron chi connectivity index (χ0n) is 10.5. The predicted molar refractivity (Wildman–Crippen MR) is 68.5 cm³/mol. The molecule has 1 rings (SSSR count). The molecule has 0 heterocycles. The molecule has 0 aliphatic carbocycles. The van der Waals surface area contributed by atoms with Gasteiger partial charge in [-0.05, 0) is 37.7 Å². The fourth-order valence-electron chi connectivity index (χ4n) is 1.60. The van der Waals surface area contributed by atoms with Crippen molar-refractivity contribution in [3.8, 4) is 5.75 Å². The topological polar surface area (TPSA) is 82.0 Å². The second-order valence-corrected chi connectivity index (χ2v) is 4.05. The summed E-state index contributed by atoms with van der Waals surface area (Å²) in [6, 6.07) is 6.83. The highest BCUT2D eigenvalue weighted by molar-refractivity contribution is 5.29. The number of rotatable bonds is 8. The van der Waals surface area contributed by atoms with Crippen molar-refractivity contribution >= 4 is 0 Å². The molecule has 1 aromatic carbocycles. The molecule has 102 valence electrons. The van der Waals surface area contributed by atoms with Crippen molar-refractivity contribution in [3.63, 3.8) is 0 Å². The van der Waals surface area contributed by atoms with Gasteiger partial charge in [0, 0.05) is 0 Å². The van der Waals surface area contributed by atoms with Gasteiger partial charge < -0.3 is 25.4 Å². The van der Waals surface area contributed by atoms with Crippen LogP contribution in [0.5, 0.6) is 5.75 Å². The van der Waals surface area contributed by atoms with Gasteiger partial charge in [-0.2, -0.15) is 0 Å². The van der Waals surface area contributed by atoms with Crippen LogP contribution in [0.25, 0.3) is 0 Å². The van der Waals surface area contributed by atoms with E-state index in [1.807, 2.05) is 0 Å². The van der Waals surface area contributed by atoms with Crippen LogP contribution in [0.3, 0.4) is 0 Å². The highest BCUT2D eigenvalue weighted by Gasteiger charge is 2.17. The summed E-state index contributed by atoms with van der Waals surface area (Å²) in [6.07, 6.45) is -1.20. The molecule has 18 heavy (non-hydrogen) atoms. The Hall–Kier alpha value is -1.14. The van der Waals surface area contributed by atoms with Gasteiger partial charge in [-0.15, -0.1) is 0 Å². The molecule has 1 aromatic rings. The Balaban J connectivity index is 2.55. The van der Waals surface area contributed by atoms with Gasteiger partial charge in [0.1, 0.15) is 18.5 Å². The van der Waals surface area contributed by atoms with Gasteiger partial charge in [0.05, 0.1) is 12.7 Å². The van der Waals surface area contributed by atoms with E-state index < -0.39 is 12.2 Å². The van der Waals surface area contributed by atoms with E-state index in [4.69, 9.17) is 9.84 Å². The van der Waals surface area contributed by atoms with E-state index in [1.165, 1.54) is 0 Å². The molecular formula is C13H21NO4. The molecule has 0 radical (unpaired) electrons. The summed E-state index contributed by atoms with van der Waals surface area (Å²) in [5.41, 5.74) is 0.648. The van der Waals surface area contributed by atoms with Gasteiger partial charge in [-0.3, -0.25) is 0 Å². The summed E-state index contributed by atoms with van der Waals surface area (Å²) in [7, 11) is 1.80. The summed E-state index contributed by atoms with van der Waals surface area (Å²) in [6.45, 7) is 0.857. The first kappa shape index (κ1) is 14.9. The normalized spacial score (nSPS) is 14.2. The van der Waals surface area contributed by atoms with Crippen molar-refractivity contribution < 1.29 is 20.1 Å². The van der Waals surface area contributed by atoms with Crippen LogP contribution in [-0.4, -0.2) is 48.2 Å². The lowest BCUT2D eigenvalue weighted by Gasteiger charge is -2.18. The van der Waals surface area contributed by atoms with Gasteiger partial charge >= 0.3 is 0 Å².